The van der Waals surface area contributed by atoms with Gasteiger partial charge in [0.1, 0.15) is 5.69 Å². The summed E-state index contributed by atoms with van der Waals surface area (Å²) in [5.74, 6) is -0.992. The Labute approximate surface area is 165 Å². The quantitative estimate of drug-likeness (QED) is 0.559. The van der Waals surface area contributed by atoms with E-state index >= 15 is 0 Å². The molecule has 6 nitrogen and oxygen atoms in total. The van der Waals surface area contributed by atoms with Crippen LogP contribution in [0.1, 0.15) is 45.3 Å². The average Bonchev–Trinajstić information content (AvgIpc) is 2.67. The predicted molar refractivity (Wildman–Crippen MR) is 98.4 cm³/mol. The molecule has 0 spiro atoms. The van der Waals surface area contributed by atoms with Crippen LogP contribution in [0, 0.1) is 6.92 Å². The number of nitrogens with one attached hydrogen (secondary N) is 1. The van der Waals surface area contributed by atoms with Gasteiger partial charge in [0, 0.05) is 23.9 Å². The number of ether oxygens (including phenoxy) is 1. The van der Waals surface area contributed by atoms with Crippen LogP contribution in [-0.4, -0.2) is 36.3 Å². The Bertz CT molecular complexity index is 909. The monoisotopic (exact) mass is 408 g/mol. The Morgan fingerprint density at radius 3 is 2.52 bits per heavy atom. The molecular formula is C20H19F3N2O4. The van der Waals surface area contributed by atoms with Crippen molar-refractivity contribution in [3.8, 4) is 11.1 Å². The molecule has 0 fully saturated rings. The van der Waals surface area contributed by atoms with Crippen molar-refractivity contribution in [3.63, 3.8) is 0 Å². The number of nitrogens with zero attached hydrogens (tertiary/aromatic N) is 1. The van der Waals surface area contributed by atoms with E-state index < -0.39 is 23.6 Å². The van der Waals surface area contributed by atoms with Crippen LogP contribution in [0.5, 0.6) is 0 Å². The van der Waals surface area contributed by atoms with Crippen molar-refractivity contribution in [3.05, 3.63) is 52.8 Å². The van der Waals surface area contributed by atoms with Crippen molar-refractivity contribution in [2.45, 2.75) is 26.4 Å². The third kappa shape index (κ3) is 5.63. The first-order chi connectivity index (χ1) is 13.7. The van der Waals surface area contributed by atoms with Crippen LogP contribution in [0.3, 0.4) is 0 Å². The number of hydrogen-bond acceptors (Lipinski definition) is 5. The minimum absolute atomic E-state index is 0.00384. The molecule has 1 heterocycles. The molecule has 154 valence electrons. The maximum absolute atomic E-state index is 13.1. The first-order valence-electron chi connectivity index (χ1n) is 8.74. The molecule has 1 aromatic heterocycles. The molecule has 1 N–H and O–H groups in total. The molecule has 0 aliphatic rings. The van der Waals surface area contributed by atoms with Crippen molar-refractivity contribution in [1.82, 2.24) is 10.3 Å². The summed E-state index contributed by atoms with van der Waals surface area (Å²) in [6, 6.07) is 4.53. The van der Waals surface area contributed by atoms with Gasteiger partial charge in [-0.1, -0.05) is 6.07 Å². The number of hydrogen-bond donors (Lipinski definition) is 1. The molecule has 0 saturated carbocycles. The number of carbonyl (C=O) groups excluding carboxylic acids is 3. The van der Waals surface area contributed by atoms with E-state index in [4.69, 9.17) is 4.74 Å². The van der Waals surface area contributed by atoms with E-state index in [2.05, 4.69) is 10.3 Å². The predicted octanol–water partition coefficient (Wildman–Crippen LogP) is 3.57. The summed E-state index contributed by atoms with van der Waals surface area (Å²) in [4.78, 5) is 38.6. The summed E-state index contributed by atoms with van der Waals surface area (Å²) in [5, 5.41) is 2.50. The maximum Gasteiger partial charge on any atom is 0.416 e. The van der Waals surface area contributed by atoms with Gasteiger partial charge in [0.2, 0.25) is 0 Å². The van der Waals surface area contributed by atoms with E-state index in [1.165, 1.54) is 25.3 Å². The van der Waals surface area contributed by atoms with E-state index in [1.807, 2.05) is 0 Å². The van der Waals surface area contributed by atoms with Gasteiger partial charge in [0.15, 0.2) is 6.29 Å². The fourth-order valence-electron chi connectivity index (χ4n) is 2.65. The van der Waals surface area contributed by atoms with Crippen LogP contribution < -0.4 is 5.32 Å². The molecule has 0 radical (unpaired) electrons. The minimum Gasteiger partial charge on any atom is -0.466 e. The highest BCUT2D eigenvalue weighted by Gasteiger charge is 2.32. The third-order valence-electron chi connectivity index (χ3n) is 4.06. The highest BCUT2D eigenvalue weighted by Crippen LogP contribution is 2.35. The zero-order chi connectivity index (χ0) is 21.6. The number of amides is 1. The standard InChI is InChI=1S/C20H19F3N2O4/c1-3-29-18(27)6-7-24-19(28)17-5-4-13(10-25-17)15-9-14(20(21,22)23)8-12(2)16(15)11-26/h4-5,8-11H,3,6-7H2,1-2H3,(H,24,28). The molecule has 29 heavy (non-hydrogen) atoms. The summed E-state index contributed by atoms with van der Waals surface area (Å²) >= 11 is 0. The zero-order valence-corrected chi connectivity index (χ0v) is 15.8. The maximum atomic E-state index is 13.1. The molecule has 0 saturated heterocycles. The Kier molecular flexibility index (Phi) is 7.08. The number of aromatic nitrogens is 1. The van der Waals surface area contributed by atoms with E-state index in [-0.39, 0.29) is 47.5 Å². The third-order valence-corrected chi connectivity index (χ3v) is 4.06. The van der Waals surface area contributed by atoms with Crippen LogP contribution in [0.2, 0.25) is 0 Å². The van der Waals surface area contributed by atoms with E-state index in [1.54, 1.807) is 6.92 Å². The lowest BCUT2D eigenvalue weighted by Gasteiger charge is -2.14. The second-order valence-corrected chi connectivity index (χ2v) is 6.11. The first-order valence-corrected chi connectivity index (χ1v) is 8.74. The van der Waals surface area contributed by atoms with Gasteiger partial charge in [-0.05, 0) is 43.2 Å². The van der Waals surface area contributed by atoms with Gasteiger partial charge in [0.25, 0.3) is 5.91 Å². The summed E-state index contributed by atoms with van der Waals surface area (Å²) in [6.07, 6.45) is -2.85. The summed E-state index contributed by atoms with van der Waals surface area (Å²) in [6.45, 7) is 3.39. The van der Waals surface area contributed by atoms with E-state index in [0.717, 1.165) is 12.1 Å². The largest absolute Gasteiger partial charge is 0.466 e. The number of alkyl halides is 3. The molecule has 1 aromatic carbocycles. The second kappa shape index (κ2) is 9.31. The van der Waals surface area contributed by atoms with Gasteiger partial charge in [-0.25, -0.2) is 0 Å². The fourth-order valence-corrected chi connectivity index (χ4v) is 2.65. The van der Waals surface area contributed by atoms with Crippen molar-refractivity contribution in [2.24, 2.45) is 0 Å². The topological polar surface area (TPSA) is 85.4 Å². The Balaban J connectivity index is 2.21. The van der Waals surface area contributed by atoms with E-state index in [9.17, 15) is 27.6 Å². The Morgan fingerprint density at radius 1 is 1.24 bits per heavy atom. The Hall–Kier alpha value is -3.23. The lowest BCUT2D eigenvalue weighted by molar-refractivity contribution is -0.143. The lowest BCUT2D eigenvalue weighted by Crippen LogP contribution is -2.27. The number of halogens is 3. The molecule has 2 rings (SSSR count). The highest BCUT2D eigenvalue weighted by molar-refractivity contribution is 5.93. The van der Waals surface area contributed by atoms with Crippen LogP contribution >= 0.6 is 0 Å². The second-order valence-electron chi connectivity index (χ2n) is 6.11. The summed E-state index contributed by atoms with van der Waals surface area (Å²) in [5.41, 5.74) is -0.208. The molecule has 9 heteroatoms. The molecule has 0 unspecified atom stereocenters. The molecule has 0 aliphatic carbocycles. The number of aldehydes is 1. The van der Waals surface area contributed by atoms with Gasteiger partial charge in [0.05, 0.1) is 18.6 Å². The van der Waals surface area contributed by atoms with Crippen LogP contribution in [0.25, 0.3) is 11.1 Å². The van der Waals surface area contributed by atoms with Crippen LogP contribution in [0.4, 0.5) is 13.2 Å². The van der Waals surface area contributed by atoms with Crippen molar-refractivity contribution < 1.29 is 32.3 Å². The van der Waals surface area contributed by atoms with Crippen molar-refractivity contribution in [1.29, 1.82) is 0 Å². The molecule has 2 aromatic rings. The van der Waals surface area contributed by atoms with Gasteiger partial charge < -0.3 is 10.1 Å². The van der Waals surface area contributed by atoms with Crippen LogP contribution in [-0.2, 0) is 15.7 Å². The van der Waals surface area contributed by atoms with Gasteiger partial charge in [-0.15, -0.1) is 0 Å². The van der Waals surface area contributed by atoms with Gasteiger partial charge >= 0.3 is 12.1 Å². The molecule has 0 bridgehead atoms. The lowest BCUT2D eigenvalue weighted by atomic mass is 9.94. The Morgan fingerprint density at radius 2 is 1.97 bits per heavy atom. The molecule has 0 aliphatic heterocycles. The molecule has 0 atom stereocenters. The first kappa shape index (κ1) is 22.1. The smallest absolute Gasteiger partial charge is 0.416 e. The van der Waals surface area contributed by atoms with Gasteiger partial charge in [-0.2, -0.15) is 13.2 Å². The number of rotatable bonds is 7. The van der Waals surface area contributed by atoms with Crippen molar-refractivity contribution >= 4 is 18.2 Å². The summed E-state index contributed by atoms with van der Waals surface area (Å²) in [7, 11) is 0. The number of pyridine rings is 1. The van der Waals surface area contributed by atoms with Gasteiger partial charge in [-0.3, -0.25) is 19.4 Å². The zero-order valence-electron chi connectivity index (χ0n) is 15.8. The SMILES string of the molecule is CCOC(=O)CCNC(=O)c1ccc(-c2cc(C(F)(F)F)cc(C)c2C=O)cn1. The number of esters is 1. The normalized spacial score (nSPS) is 11.1. The van der Waals surface area contributed by atoms with Crippen molar-refractivity contribution in [2.75, 3.05) is 13.2 Å². The average molecular weight is 408 g/mol. The molecule has 1 amide bonds. The summed E-state index contributed by atoms with van der Waals surface area (Å²) < 4.78 is 44.1. The number of benzene rings is 1. The fraction of sp³-hybridized carbons (Fsp3) is 0.300. The number of aryl methyl sites for hydroxylation is 1. The highest BCUT2D eigenvalue weighted by atomic mass is 19.4. The number of carbonyl (C=O) groups is 3. The minimum atomic E-state index is -4.56. The van der Waals surface area contributed by atoms with Crippen LogP contribution in [0.15, 0.2) is 30.5 Å². The van der Waals surface area contributed by atoms with E-state index in [0.29, 0.717) is 6.29 Å². The molecular weight excluding hydrogens is 389 g/mol.